The Hall–Kier alpha value is -1.88. The van der Waals surface area contributed by atoms with Crippen LogP contribution < -0.4 is 40.1 Å². The highest BCUT2D eigenvalue weighted by atomic mass is 127. The number of carbonyl (C=O) groups is 1. The van der Waals surface area contributed by atoms with Crippen molar-refractivity contribution in [1.29, 1.82) is 0 Å². The lowest BCUT2D eigenvalue weighted by Gasteiger charge is -2.23. The zero-order valence-corrected chi connectivity index (χ0v) is 12.0. The molecule has 0 aromatic heterocycles. The molecule has 0 saturated heterocycles. The topological polar surface area (TPSA) is 199 Å². The summed E-state index contributed by atoms with van der Waals surface area (Å²) in [5.74, 6) is -0.749. The number of hydrogen-bond donors (Lipinski definition) is 7. The van der Waals surface area contributed by atoms with Crippen molar-refractivity contribution in [3.63, 3.8) is 0 Å². The first kappa shape index (κ1) is 13.5. The molecule has 0 spiro atoms. The van der Waals surface area contributed by atoms with Crippen LogP contribution in [0.5, 0.6) is 0 Å². The van der Waals surface area contributed by atoms with Gasteiger partial charge in [0.1, 0.15) is 3.55 Å². The normalized spacial score (nSPS) is 21.6. The van der Waals surface area contributed by atoms with Gasteiger partial charge in [-0.25, -0.2) is 0 Å². The van der Waals surface area contributed by atoms with Gasteiger partial charge >= 0.3 is 0 Å². The summed E-state index contributed by atoms with van der Waals surface area (Å²) in [7, 11) is 0. The largest absolute Gasteiger partial charge is 0.398 e. The minimum absolute atomic E-state index is 0.0338. The Bertz CT molecular complexity index is 650. The third-order valence-electron chi connectivity index (χ3n) is 3.17. The van der Waals surface area contributed by atoms with Crippen molar-refractivity contribution in [3.8, 4) is 0 Å². The number of nitrogen functional groups attached to an aromatic ring is 4. The number of primary amides is 1. The summed E-state index contributed by atoms with van der Waals surface area (Å²) in [4.78, 5) is 11.5. The molecule has 0 fully saturated rings. The van der Waals surface area contributed by atoms with E-state index in [0.717, 1.165) is 0 Å². The smallest absolute Gasteiger partial charge is 0.249 e. The summed E-state index contributed by atoms with van der Waals surface area (Å²) in [5, 5.41) is 0. The summed E-state index contributed by atoms with van der Waals surface area (Å²) in [5.41, 5.74) is 42.0. The molecule has 0 saturated carbocycles. The fraction of sp³-hybridized carbons (Fsp3) is 0.100. The average Bonchev–Trinajstić information content (AvgIpc) is 2.50. The number of anilines is 4. The van der Waals surface area contributed by atoms with Gasteiger partial charge in [0, 0.05) is 11.1 Å². The van der Waals surface area contributed by atoms with Gasteiger partial charge in [-0.15, -0.1) is 0 Å². The van der Waals surface area contributed by atoms with Gasteiger partial charge in [0.25, 0.3) is 0 Å². The summed E-state index contributed by atoms with van der Waals surface area (Å²) < 4.78 is -1.29. The highest BCUT2D eigenvalue weighted by molar-refractivity contribution is 14.1. The van der Waals surface area contributed by atoms with Gasteiger partial charge in [-0.2, -0.15) is 0 Å². The molecule has 0 aliphatic heterocycles. The molecule has 0 heterocycles. The fourth-order valence-corrected chi connectivity index (χ4v) is 3.36. The molecule has 102 valence electrons. The molecule has 1 aliphatic carbocycles. The Morgan fingerprint density at radius 1 is 0.947 bits per heavy atom. The Morgan fingerprint density at radius 3 is 1.89 bits per heavy atom. The number of amides is 1. The highest BCUT2D eigenvalue weighted by Crippen LogP contribution is 2.53. The molecule has 14 N–H and O–H groups in total. The molecule has 1 amide bonds. The van der Waals surface area contributed by atoms with Crippen LogP contribution in [0.3, 0.4) is 0 Å². The number of fused-ring (bicyclic) bond motifs is 1. The highest BCUT2D eigenvalue weighted by Gasteiger charge is 2.46. The summed E-state index contributed by atoms with van der Waals surface area (Å²) in [6.45, 7) is 0. The van der Waals surface area contributed by atoms with E-state index < -0.39 is 9.45 Å². The van der Waals surface area contributed by atoms with Crippen LogP contribution in [0.1, 0.15) is 11.1 Å². The first-order chi connectivity index (χ1) is 8.62. The standard InChI is InChI=1S/C10H14IN7O/c11-10(18)2-1(4(12)3(10)9(17)19)5(13)7(15)8(16)6(2)14/h12-16,18H2,(H2,17,19). The second kappa shape index (κ2) is 3.81. The van der Waals surface area contributed by atoms with Crippen molar-refractivity contribution >= 4 is 56.9 Å². The van der Waals surface area contributed by atoms with Gasteiger partial charge in [-0.3, -0.25) is 4.79 Å². The van der Waals surface area contributed by atoms with Crippen molar-refractivity contribution in [2.75, 3.05) is 22.9 Å². The van der Waals surface area contributed by atoms with Gasteiger partial charge in [0.05, 0.1) is 34.0 Å². The van der Waals surface area contributed by atoms with Gasteiger partial charge in [0.2, 0.25) is 5.91 Å². The zero-order chi connectivity index (χ0) is 14.7. The van der Waals surface area contributed by atoms with Crippen molar-refractivity contribution in [2.45, 2.75) is 3.55 Å². The van der Waals surface area contributed by atoms with Gasteiger partial charge in [0.15, 0.2) is 0 Å². The monoisotopic (exact) mass is 375 g/mol. The van der Waals surface area contributed by atoms with E-state index in [1.54, 1.807) is 0 Å². The number of benzene rings is 1. The van der Waals surface area contributed by atoms with E-state index in [1.165, 1.54) is 0 Å². The van der Waals surface area contributed by atoms with Gasteiger partial charge in [-0.05, 0) is 0 Å². The van der Waals surface area contributed by atoms with Crippen molar-refractivity contribution in [2.24, 2.45) is 17.2 Å². The Morgan fingerprint density at radius 2 is 1.42 bits per heavy atom. The number of alkyl halides is 1. The number of rotatable bonds is 1. The number of nitrogens with two attached hydrogens (primary N) is 7. The lowest BCUT2D eigenvalue weighted by molar-refractivity contribution is -0.114. The van der Waals surface area contributed by atoms with Crippen LogP contribution in [0.4, 0.5) is 22.7 Å². The predicted octanol–water partition coefficient (Wildman–Crippen LogP) is -1.27. The summed E-state index contributed by atoms with van der Waals surface area (Å²) >= 11 is 1.83. The van der Waals surface area contributed by atoms with Crippen LogP contribution in [0.25, 0.3) is 5.70 Å². The molecule has 19 heavy (non-hydrogen) atoms. The average molecular weight is 375 g/mol. The number of halogens is 1. The van der Waals surface area contributed by atoms with E-state index in [2.05, 4.69) is 0 Å². The van der Waals surface area contributed by atoms with Gasteiger partial charge in [-0.1, -0.05) is 22.6 Å². The maximum atomic E-state index is 11.5. The minimum atomic E-state index is -1.29. The first-order valence-corrected chi connectivity index (χ1v) is 6.24. The molecular formula is C10H14IN7O. The quantitative estimate of drug-likeness (QED) is 0.137. The lowest BCUT2D eigenvalue weighted by atomic mass is 9.98. The van der Waals surface area contributed by atoms with E-state index in [1.807, 2.05) is 22.6 Å². The van der Waals surface area contributed by atoms with E-state index in [9.17, 15) is 4.79 Å². The van der Waals surface area contributed by atoms with E-state index in [0.29, 0.717) is 11.1 Å². The van der Waals surface area contributed by atoms with Crippen LogP contribution in [0, 0.1) is 0 Å². The molecular weight excluding hydrogens is 361 g/mol. The van der Waals surface area contributed by atoms with Crippen LogP contribution in [0.15, 0.2) is 5.57 Å². The molecule has 2 rings (SSSR count). The maximum Gasteiger partial charge on any atom is 0.249 e. The second-order valence-corrected chi connectivity index (χ2v) is 5.97. The third kappa shape index (κ3) is 1.51. The van der Waals surface area contributed by atoms with Crippen LogP contribution in [0.2, 0.25) is 0 Å². The molecule has 1 atom stereocenters. The summed E-state index contributed by atoms with van der Waals surface area (Å²) in [6, 6.07) is 0. The lowest BCUT2D eigenvalue weighted by Crippen LogP contribution is -2.37. The maximum absolute atomic E-state index is 11.5. The van der Waals surface area contributed by atoms with Gasteiger partial charge < -0.3 is 40.1 Å². The molecule has 1 aromatic carbocycles. The zero-order valence-electron chi connectivity index (χ0n) is 9.83. The third-order valence-corrected chi connectivity index (χ3v) is 4.25. The SMILES string of the molecule is NC(=O)C1=C(N)c2c(N)c(N)c(N)c(N)c2C1(N)I. The number of hydrogen-bond acceptors (Lipinski definition) is 7. The minimum Gasteiger partial charge on any atom is -0.398 e. The van der Waals surface area contributed by atoms with E-state index >= 15 is 0 Å². The molecule has 9 heteroatoms. The summed E-state index contributed by atoms with van der Waals surface area (Å²) in [6.07, 6.45) is 0. The van der Waals surface area contributed by atoms with Crippen molar-refractivity contribution < 1.29 is 4.79 Å². The predicted molar refractivity (Wildman–Crippen MR) is 84.3 cm³/mol. The van der Waals surface area contributed by atoms with E-state index in [4.69, 9.17) is 40.1 Å². The fourth-order valence-electron chi connectivity index (χ4n) is 2.24. The molecule has 8 nitrogen and oxygen atoms in total. The Labute approximate surface area is 122 Å². The van der Waals surface area contributed by atoms with Crippen LogP contribution >= 0.6 is 22.6 Å². The first-order valence-electron chi connectivity index (χ1n) is 5.16. The Balaban J connectivity index is 2.97. The molecule has 1 aliphatic rings. The molecule has 0 bridgehead atoms. The van der Waals surface area contributed by atoms with Crippen molar-refractivity contribution in [3.05, 3.63) is 16.7 Å². The Kier molecular flexibility index (Phi) is 2.71. The second-order valence-electron chi connectivity index (χ2n) is 4.27. The van der Waals surface area contributed by atoms with Crippen LogP contribution in [-0.2, 0) is 8.34 Å². The van der Waals surface area contributed by atoms with Crippen LogP contribution in [-0.4, -0.2) is 5.91 Å². The van der Waals surface area contributed by atoms with E-state index in [-0.39, 0.29) is 34.0 Å². The van der Waals surface area contributed by atoms with Crippen molar-refractivity contribution in [1.82, 2.24) is 0 Å². The number of carbonyl (C=O) groups excluding carboxylic acids is 1. The molecule has 1 unspecified atom stereocenters. The molecule has 0 radical (unpaired) electrons. The molecule has 1 aromatic rings.